The van der Waals surface area contributed by atoms with E-state index in [1.807, 2.05) is 24.3 Å². The maximum Gasteiger partial charge on any atom is 0.358 e. The first-order chi connectivity index (χ1) is 13.1. The molecule has 2 aromatic carbocycles. The zero-order valence-corrected chi connectivity index (χ0v) is 14.6. The number of nitrogens with one attached hydrogen (secondary N) is 1. The zero-order valence-electron chi connectivity index (χ0n) is 14.6. The maximum absolute atomic E-state index is 11.2. The van der Waals surface area contributed by atoms with Gasteiger partial charge in [-0.3, -0.25) is 0 Å². The molecule has 0 radical (unpaired) electrons. The van der Waals surface area contributed by atoms with E-state index in [0.29, 0.717) is 17.5 Å². The van der Waals surface area contributed by atoms with Gasteiger partial charge in [0.1, 0.15) is 5.82 Å². The summed E-state index contributed by atoms with van der Waals surface area (Å²) in [6.07, 6.45) is 1.73. The fraction of sp³-hybridized carbons (Fsp3) is 0.0952. The van der Waals surface area contributed by atoms with Crippen LogP contribution in [0.2, 0.25) is 0 Å². The van der Waals surface area contributed by atoms with Crippen LogP contribution >= 0.6 is 0 Å². The van der Waals surface area contributed by atoms with Crippen molar-refractivity contribution in [2.75, 3.05) is 5.32 Å². The minimum atomic E-state index is -1.11. The van der Waals surface area contributed by atoms with Crippen LogP contribution in [0.1, 0.15) is 21.6 Å². The van der Waals surface area contributed by atoms with Gasteiger partial charge in [-0.05, 0) is 30.7 Å². The van der Waals surface area contributed by atoms with E-state index in [1.54, 1.807) is 18.3 Å². The molecule has 4 aromatic rings. The lowest BCUT2D eigenvalue weighted by Gasteiger charge is -2.08. The molecule has 0 aliphatic heterocycles. The molecule has 134 valence electrons. The Morgan fingerprint density at radius 2 is 2.00 bits per heavy atom. The lowest BCUT2D eigenvalue weighted by Crippen LogP contribution is -2.01. The first-order valence-electron chi connectivity index (χ1n) is 8.49. The van der Waals surface area contributed by atoms with Crippen molar-refractivity contribution in [1.29, 1.82) is 0 Å². The smallest absolute Gasteiger partial charge is 0.358 e. The van der Waals surface area contributed by atoms with Crippen LogP contribution in [-0.2, 0) is 6.54 Å². The standard InChI is InChI=1S/C21H17N3O3/c1-13-4-2-5-14(10-13)11-22-18-9-8-15(12-23-18)16-6-3-7-17-19(21(25)26)24-27-20(16)17/h2-10,12H,11H2,1H3,(H,22,23)(H,25,26). The molecule has 0 spiro atoms. The Kier molecular flexibility index (Phi) is 4.30. The summed E-state index contributed by atoms with van der Waals surface area (Å²) < 4.78 is 5.27. The van der Waals surface area contributed by atoms with Gasteiger partial charge in [0.25, 0.3) is 0 Å². The van der Waals surface area contributed by atoms with Gasteiger partial charge in [0.05, 0.1) is 5.39 Å². The number of rotatable bonds is 5. The number of carboxylic acid groups (broad SMARTS) is 1. The van der Waals surface area contributed by atoms with E-state index >= 15 is 0 Å². The Labute approximate surface area is 155 Å². The summed E-state index contributed by atoms with van der Waals surface area (Å²) in [5.74, 6) is -0.351. The minimum Gasteiger partial charge on any atom is -0.476 e. The Morgan fingerprint density at radius 1 is 1.15 bits per heavy atom. The summed E-state index contributed by atoms with van der Waals surface area (Å²) in [5, 5.41) is 16.6. The average molecular weight is 359 g/mol. The molecule has 2 aromatic heterocycles. The summed E-state index contributed by atoms with van der Waals surface area (Å²) in [7, 11) is 0. The minimum absolute atomic E-state index is 0.0868. The molecule has 0 atom stereocenters. The predicted molar refractivity (Wildman–Crippen MR) is 103 cm³/mol. The molecule has 0 bridgehead atoms. The summed E-state index contributed by atoms with van der Waals surface area (Å²) in [6.45, 7) is 2.75. The molecule has 0 saturated carbocycles. The summed E-state index contributed by atoms with van der Waals surface area (Å²) in [4.78, 5) is 15.7. The van der Waals surface area contributed by atoms with Gasteiger partial charge in [0.2, 0.25) is 0 Å². The monoisotopic (exact) mass is 359 g/mol. The van der Waals surface area contributed by atoms with Crippen LogP contribution in [0.4, 0.5) is 5.82 Å². The third kappa shape index (κ3) is 3.37. The van der Waals surface area contributed by atoms with Gasteiger partial charge in [-0.1, -0.05) is 47.1 Å². The van der Waals surface area contributed by atoms with E-state index in [1.165, 1.54) is 11.1 Å². The average Bonchev–Trinajstić information content (AvgIpc) is 3.11. The first kappa shape index (κ1) is 16.8. The maximum atomic E-state index is 11.2. The number of carboxylic acids is 1. The van der Waals surface area contributed by atoms with Crippen LogP contribution in [0, 0.1) is 6.92 Å². The van der Waals surface area contributed by atoms with Gasteiger partial charge in [-0.25, -0.2) is 9.78 Å². The van der Waals surface area contributed by atoms with Crippen LogP contribution in [-0.4, -0.2) is 21.2 Å². The van der Waals surface area contributed by atoms with Gasteiger partial charge >= 0.3 is 5.97 Å². The molecular formula is C21H17N3O3. The number of fused-ring (bicyclic) bond motifs is 1. The van der Waals surface area contributed by atoms with E-state index in [9.17, 15) is 9.90 Å². The van der Waals surface area contributed by atoms with E-state index in [0.717, 1.165) is 16.9 Å². The highest BCUT2D eigenvalue weighted by atomic mass is 16.5. The number of aromatic nitrogens is 2. The molecule has 0 aliphatic rings. The van der Waals surface area contributed by atoms with Gasteiger partial charge in [-0.15, -0.1) is 0 Å². The SMILES string of the molecule is Cc1cccc(CNc2ccc(-c3cccc4c(C(=O)O)noc34)cn2)c1. The van der Waals surface area contributed by atoms with Crippen LogP contribution in [0.5, 0.6) is 0 Å². The van der Waals surface area contributed by atoms with Crippen molar-refractivity contribution in [1.82, 2.24) is 10.1 Å². The number of aryl methyl sites for hydroxylation is 1. The fourth-order valence-corrected chi connectivity index (χ4v) is 3.02. The molecule has 0 unspecified atom stereocenters. The quantitative estimate of drug-likeness (QED) is 0.545. The normalized spacial score (nSPS) is 10.9. The number of hydrogen-bond acceptors (Lipinski definition) is 5. The highest BCUT2D eigenvalue weighted by Gasteiger charge is 2.17. The molecular weight excluding hydrogens is 342 g/mol. The number of nitrogens with zero attached hydrogens (tertiary/aromatic N) is 2. The predicted octanol–water partition coefficient (Wildman–Crippen LogP) is 4.51. The number of benzene rings is 2. The second-order valence-corrected chi connectivity index (χ2v) is 6.29. The van der Waals surface area contributed by atoms with Gasteiger partial charge in [-0.2, -0.15) is 0 Å². The van der Waals surface area contributed by atoms with Gasteiger partial charge in [0.15, 0.2) is 11.3 Å². The van der Waals surface area contributed by atoms with Crippen LogP contribution in [0.25, 0.3) is 22.1 Å². The molecule has 0 amide bonds. The Morgan fingerprint density at radius 3 is 2.74 bits per heavy atom. The Bertz CT molecular complexity index is 1120. The molecule has 4 rings (SSSR count). The summed E-state index contributed by atoms with van der Waals surface area (Å²) in [5.41, 5.74) is 4.35. The molecule has 27 heavy (non-hydrogen) atoms. The third-order valence-electron chi connectivity index (χ3n) is 4.33. The summed E-state index contributed by atoms with van der Waals surface area (Å²) in [6, 6.07) is 17.4. The topological polar surface area (TPSA) is 88.2 Å². The molecule has 6 heteroatoms. The number of para-hydroxylation sites is 1. The highest BCUT2D eigenvalue weighted by Crippen LogP contribution is 2.30. The van der Waals surface area contributed by atoms with E-state index in [-0.39, 0.29) is 5.69 Å². The van der Waals surface area contributed by atoms with Crippen molar-refractivity contribution in [3.8, 4) is 11.1 Å². The number of pyridine rings is 1. The van der Waals surface area contributed by atoms with E-state index < -0.39 is 5.97 Å². The van der Waals surface area contributed by atoms with E-state index in [2.05, 4.69) is 40.6 Å². The second kappa shape index (κ2) is 6.92. The molecule has 6 nitrogen and oxygen atoms in total. The van der Waals surface area contributed by atoms with Gasteiger partial charge < -0.3 is 14.9 Å². The van der Waals surface area contributed by atoms with Crippen molar-refractivity contribution in [2.45, 2.75) is 13.5 Å². The number of anilines is 1. The number of aromatic carboxylic acids is 1. The molecule has 0 fully saturated rings. The lowest BCUT2D eigenvalue weighted by molar-refractivity contribution is 0.0688. The largest absolute Gasteiger partial charge is 0.476 e. The molecule has 2 heterocycles. The lowest BCUT2D eigenvalue weighted by atomic mass is 10.0. The molecule has 0 saturated heterocycles. The van der Waals surface area contributed by atoms with Crippen molar-refractivity contribution < 1.29 is 14.4 Å². The Hall–Kier alpha value is -3.67. The van der Waals surface area contributed by atoms with Crippen LogP contribution in [0.3, 0.4) is 0 Å². The van der Waals surface area contributed by atoms with Crippen molar-refractivity contribution in [3.63, 3.8) is 0 Å². The highest BCUT2D eigenvalue weighted by molar-refractivity contribution is 6.04. The van der Waals surface area contributed by atoms with E-state index in [4.69, 9.17) is 4.52 Å². The number of carbonyl (C=O) groups is 1. The van der Waals surface area contributed by atoms with Crippen LogP contribution < -0.4 is 5.32 Å². The molecule has 0 aliphatic carbocycles. The zero-order chi connectivity index (χ0) is 18.8. The van der Waals surface area contributed by atoms with Crippen molar-refractivity contribution in [2.24, 2.45) is 0 Å². The van der Waals surface area contributed by atoms with Crippen molar-refractivity contribution >= 4 is 22.8 Å². The van der Waals surface area contributed by atoms with Crippen LogP contribution in [0.15, 0.2) is 65.3 Å². The third-order valence-corrected chi connectivity index (χ3v) is 4.33. The second-order valence-electron chi connectivity index (χ2n) is 6.29. The Balaban J connectivity index is 1.57. The van der Waals surface area contributed by atoms with Gasteiger partial charge in [0, 0.05) is 23.9 Å². The summed E-state index contributed by atoms with van der Waals surface area (Å²) >= 11 is 0. The van der Waals surface area contributed by atoms with Crippen molar-refractivity contribution in [3.05, 3.63) is 77.6 Å². The first-order valence-corrected chi connectivity index (χ1v) is 8.49. The fourth-order valence-electron chi connectivity index (χ4n) is 3.02. The number of hydrogen-bond donors (Lipinski definition) is 2. The molecule has 2 N–H and O–H groups in total.